The molecule has 1 N–H and O–H groups in total. The van der Waals surface area contributed by atoms with E-state index in [2.05, 4.69) is 17.1 Å². The van der Waals surface area contributed by atoms with E-state index in [-0.39, 0.29) is 0 Å². The fourth-order valence-corrected chi connectivity index (χ4v) is 3.91. The van der Waals surface area contributed by atoms with Gasteiger partial charge in [0.2, 0.25) is 0 Å². The van der Waals surface area contributed by atoms with Crippen LogP contribution < -0.4 is 5.32 Å². The van der Waals surface area contributed by atoms with Gasteiger partial charge in [0.25, 0.3) is 0 Å². The Morgan fingerprint density at radius 3 is 2.47 bits per heavy atom. The average molecular weight is 266 g/mol. The lowest BCUT2D eigenvalue weighted by Crippen LogP contribution is -2.49. The summed E-state index contributed by atoms with van der Waals surface area (Å²) in [6, 6.07) is 0. The van der Waals surface area contributed by atoms with E-state index >= 15 is 0 Å². The van der Waals surface area contributed by atoms with Crippen molar-refractivity contribution in [2.75, 3.05) is 26.2 Å². The summed E-state index contributed by atoms with van der Waals surface area (Å²) in [5.41, 5.74) is 0.499. The number of unbranched alkanes of at least 4 members (excludes halogenated alkanes) is 5. The highest BCUT2D eigenvalue weighted by Gasteiger charge is 2.35. The zero-order valence-corrected chi connectivity index (χ0v) is 13.1. The van der Waals surface area contributed by atoms with E-state index in [0.29, 0.717) is 5.54 Å². The van der Waals surface area contributed by atoms with Crippen LogP contribution in [0, 0.1) is 0 Å². The molecule has 0 radical (unpaired) electrons. The molecule has 0 bridgehead atoms. The van der Waals surface area contributed by atoms with Crippen molar-refractivity contribution in [1.82, 2.24) is 10.2 Å². The lowest BCUT2D eigenvalue weighted by Gasteiger charge is -2.33. The van der Waals surface area contributed by atoms with E-state index in [9.17, 15) is 0 Å². The molecule has 0 amide bonds. The van der Waals surface area contributed by atoms with Crippen LogP contribution in [-0.2, 0) is 0 Å². The normalized spacial score (nSPS) is 23.8. The van der Waals surface area contributed by atoms with Crippen molar-refractivity contribution < 1.29 is 0 Å². The molecule has 1 spiro atoms. The molecule has 0 atom stereocenters. The van der Waals surface area contributed by atoms with E-state index in [1.807, 2.05) is 0 Å². The third-order valence-corrected chi connectivity index (χ3v) is 5.07. The van der Waals surface area contributed by atoms with Gasteiger partial charge < -0.3 is 10.2 Å². The number of rotatable bonds is 7. The summed E-state index contributed by atoms with van der Waals surface area (Å²) >= 11 is 0. The van der Waals surface area contributed by atoms with Gasteiger partial charge in [-0.2, -0.15) is 0 Å². The molecule has 2 rings (SSSR count). The molecule has 0 unspecified atom stereocenters. The minimum Gasteiger partial charge on any atom is -0.310 e. The van der Waals surface area contributed by atoms with Crippen LogP contribution in [0.25, 0.3) is 0 Å². The van der Waals surface area contributed by atoms with E-state index in [4.69, 9.17) is 0 Å². The van der Waals surface area contributed by atoms with E-state index < -0.39 is 0 Å². The molecule has 1 aliphatic heterocycles. The third-order valence-electron chi connectivity index (χ3n) is 5.07. The molecular formula is C17H34N2. The molecule has 0 aromatic heterocycles. The number of nitrogens with one attached hydrogen (secondary N) is 1. The fourth-order valence-electron chi connectivity index (χ4n) is 3.91. The largest absolute Gasteiger partial charge is 0.310 e. The molecule has 2 fully saturated rings. The Morgan fingerprint density at radius 2 is 1.68 bits per heavy atom. The number of hydrogen-bond donors (Lipinski definition) is 1. The highest BCUT2D eigenvalue weighted by atomic mass is 15.2. The number of nitrogens with zero attached hydrogens (tertiary/aromatic N) is 1. The van der Waals surface area contributed by atoms with Gasteiger partial charge in [0.15, 0.2) is 0 Å². The van der Waals surface area contributed by atoms with Crippen LogP contribution >= 0.6 is 0 Å². The Kier molecular flexibility index (Phi) is 6.66. The molecule has 112 valence electrons. The summed E-state index contributed by atoms with van der Waals surface area (Å²) < 4.78 is 0. The molecular weight excluding hydrogens is 232 g/mol. The van der Waals surface area contributed by atoms with Crippen molar-refractivity contribution in [3.05, 3.63) is 0 Å². The second-order valence-corrected chi connectivity index (χ2v) is 6.81. The molecule has 1 aliphatic carbocycles. The van der Waals surface area contributed by atoms with Crippen molar-refractivity contribution >= 4 is 0 Å². The van der Waals surface area contributed by atoms with Crippen molar-refractivity contribution in [2.45, 2.75) is 83.1 Å². The first-order chi connectivity index (χ1) is 9.35. The smallest absolute Gasteiger partial charge is 0.0308 e. The summed E-state index contributed by atoms with van der Waals surface area (Å²) in [5, 5.41) is 3.86. The summed E-state index contributed by atoms with van der Waals surface area (Å²) in [6.07, 6.45) is 15.6. The zero-order valence-electron chi connectivity index (χ0n) is 13.1. The molecule has 19 heavy (non-hydrogen) atoms. The Hall–Kier alpha value is -0.0800. The maximum atomic E-state index is 3.86. The average Bonchev–Trinajstić information content (AvgIpc) is 2.76. The first-order valence-electron chi connectivity index (χ1n) is 8.82. The van der Waals surface area contributed by atoms with Gasteiger partial charge in [-0.1, -0.05) is 51.9 Å². The van der Waals surface area contributed by atoms with Gasteiger partial charge in [0, 0.05) is 12.1 Å². The van der Waals surface area contributed by atoms with Crippen LogP contribution in [0.3, 0.4) is 0 Å². The van der Waals surface area contributed by atoms with Crippen LogP contribution in [0.2, 0.25) is 0 Å². The summed E-state index contributed by atoms with van der Waals surface area (Å²) in [7, 11) is 0. The Labute approximate surface area is 120 Å². The highest BCUT2D eigenvalue weighted by molar-refractivity contribution is 4.96. The standard InChI is InChI=1S/C17H34N2/c1-2-3-4-5-6-9-14-19-15-10-13-18-17(16-19)11-7-8-12-17/h18H,2-16H2,1H3. The lowest BCUT2D eigenvalue weighted by atomic mass is 9.97. The Bertz CT molecular complexity index is 233. The van der Waals surface area contributed by atoms with Gasteiger partial charge in [-0.25, -0.2) is 0 Å². The van der Waals surface area contributed by atoms with Crippen molar-refractivity contribution in [3.63, 3.8) is 0 Å². The Balaban J connectivity index is 1.64. The molecule has 1 saturated carbocycles. The van der Waals surface area contributed by atoms with Crippen molar-refractivity contribution in [2.24, 2.45) is 0 Å². The molecule has 1 heterocycles. The molecule has 2 heteroatoms. The van der Waals surface area contributed by atoms with Crippen LogP contribution in [0.1, 0.15) is 77.6 Å². The maximum Gasteiger partial charge on any atom is 0.0308 e. The lowest BCUT2D eigenvalue weighted by molar-refractivity contribution is 0.206. The summed E-state index contributed by atoms with van der Waals surface area (Å²) in [5.74, 6) is 0. The van der Waals surface area contributed by atoms with Gasteiger partial charge in [-0.05, 0) is 45.3 Å². The van der Waals surface area contributed by atoms with Crippen LogP contribution in [0.4, 0.5) is 0 Å². The topological polar surface area (TPSA) is 15.3 Å². The molecule has 2 aliphatic rings. The van der Waals surface area contributed by atoms with Gasteiger partial charge in [0.05, 0.1) is 0 Å². The monoisotopic (exact) mass is 266 g/mol. The van der Waals surface area contributed by atoms with Crippen LogP contribution in [-0.4, -0.2) is 36.6 Å². The second kappa shape index (κ2) is 8.26. The highest BCUT2D eigenvalue weighted by Crippen LogP contribution is 2.31. The molecule has 1 saturated heterocycles. The zero-order chi connectivity index (χ0) is 13.4. The molecule has 0 aromatic carbocycles. The van der Waals surface area contributed by atoms with Crippen LogP contribution in [0.5, 0.6) is 0 Å². The molecule has 2 nitrogen and oxygen atoms in total. The molecule has 0 aromatic rings. The summed E-state index contributed by atoms with van der Waals surface area (Å²) in [4.78, 5) is 2.76. The minimum atomic E-state index is 0.499. The number of hydrogen-bond acceptors (Lipinski definition) is 2. The maximum absolute atomic E-state index is 3.86. The van der Waals surface area contributed by atoms with E-state index in [0.717, 1.165) is 0 Å². The quantitative estimate of drug-likeness (QED) is 0.702. The van der Waals surface area contributed by atoms with E-state index in [1.54, 1.807) is 0 Å². The summed E-state index contributed by atoms with van der Waals surface area (Å²) in [6.45, 7) is 7.53. The van der Waals surface area contributed by atoms with Gasteiger partial charge in [0.1, 0.15) is 0 Å². The van der Waals surface area contributed by atoms with Crippen molar-refractivity contribution in [1.29, 1.82) is 0 Å². The first kappa shape index (κ1) is 15.3. The van der Waals surface area contributed by atoms with Gasteiger partial charge in [-0.3, -0.25) is 0 Å². The second-order valence-electron chi connectivity index (χ2n) is 6.81. The predicted molar refractivity (Wildman–Crippen MR) is 83.6 cm³/mol. The van der Waals surface area contributed by atoms with Gasteiger partial charge >= 0.3 is 0 Å². The SMILES string of the molecule is CCCCCCCCN1CCCNC2(CCCC2)C1. The Morgan fingerprint density at radius 1 is 0.947 bits per heavy atom. The predicted octanol–water partition coefficient (Wildman–Crippen LogP) is 3.96. The minimum absolute atomic E-state index is 0.499. The van der Waals surface area contributed by atoms with Crippen LogP contribution in [0.15, 0.2) is 0 Å². The fraction of sp³-hybridized carbons (Fsp3) is 1.00. The third kappa shape index (κ3) is 5.07. The van der Waals surface area contributed by atoms with E-state index in [1.165, 1.54) is 96.8 Å². The first-order valence-corrected chi connectivity index (χ1v) is 8.82. The van der Waals surface area contributed by atoms with Gasteiger partial charge in [-0.15, -0.1) is 0 Å². The van der Waals surface area contributed by atoms with Crippen molar-refractivity contribution in [3.8, 4) is 0 Å².